The Morgan fingerprint density at radius 2 is 2.17 bits per heavy atom. The van der Waals surface area contributed by atoms with Gasteiger partial charge in [-0.15, -0.1) is 11.3 Å². The van der Waals surface area contributed by atoms with Crippen LogP contribution in [-0.4, -0.2) is 33.9 Å². The van der Waals surface area contributed by atoms with Gasteiger partial charge in [-0.1, -0.05) is 18.2 Å². The number of fused-ring (bicyclic) bond motifs is 1. The zero-order valence-corrected chi connectivity index (χ0v) is 14.4. The molecule has 0 radical (unpaired) electrons. The first-order valence-electron chi connectivity index (χ1n) is 8.28. The van der Waals surface area contributed by atoms with Gasteiger partial charge in [-0.25, -0.2) is 9.97 Å². The standard InChI is InChI=1S/C19H19N3OS/c1-13-20-9-8-16(21-13)15-6-4-10-22(12-15)19(23)18-11-14-5-2-3-7-17(14)24-18/h2-3,5,7-9,11,15H,4,6,10,12H2,1H3. The van der Waals surface area contributed by atoms with E-state index in [1.54, 1.807) is 11.3 Å². The van der Waals surface area contributed by atoms with Crippen molar-refractivity contribution < 1.29 is 4.79 Å². The van der Waals surface area contributed by atoms with Gasteiger partial charge in [-0.3, -0.25) is 4.79 Å². The molecule has 1 amide bonds. The molecule has 1 aliphatic rings. The molecule has 1 fully saturated rings. The fourth-order valence-electron chi connectivity index (χ4n) is 3.35. The molecule has 3 aromatic rings. The lowest BCUT2D eigenvalue weighted by Gasteiger charge is -2.32. The van der Waals surface area contributed by atoms with E-state index < -0.39 is 0 Å². The maximum absolute atomic E-state index is 12.9. The van der Waals surface area contributed by atoms with Gasteiger partial charge in [-0.2, -0.15) is 0 Å². The van der Waals surface area contributed by atoms with Crippen molar-refractivity contribution in [2.24, 2.45) is 0 Å². The highest BCUT2D eigenvalue weighted by atomic mass is 32.1. The number of hydrogen-bond acceptors (Lipinski definition) is 4. The highest BCUT2D eigenvalue weighted by Gasteiger charge is 2.27. The lowest BCUT2D eigenvalue weighted by atomic mass is 9.94. The summed E-state index contributed by atoms with van der Waals surface area (Å²) in [5, 5.41) is 1.14. The molecule has 0 saturated carbocycles. The Morgan fingerprint density at radius 1 is 1.29 bits per heavy atom. The number of piperidine rings is 1. The molecule has 1 aromatic carbocycles. The van der Waals surface area contributed by atoms with Gasteiger partial charge in [0.05, 0.1) is 4.88 Å². The molecular weight excluding hydrogens is 318 g/mol. The van der Waals surface area contributed by atoms with E-state index >= 15 is 0 Å². The molecule has 1 saturated heterocycles. The van der Waals surface area contributed by atoms with Crippen LogP contribution in [0.5, 0.6) is 0 Å². The predicted octanol–water partition coefficient (Wildman–Crippen LogP) is 4.02. The average molecular weight is 337 g/mol. The van der Waals surface area contributed by atoms with Gasteiger partial charge in [-0.05, 0) is 43.4 Å². The summed E-state index contributed by atoms with van der Waals surface area (Å²) in [7, 11) is 0. The summed E-state index contributed by atoms with van der Waals surface area (Å²) >= 11 is 1.58. The molecule has 3 heterocycles. The van der Waals surface area contributed by atoms with Crippen LogP contribution < -0.4 is 0 Å². The van der Waals surface area contributed by atoms with Crippen molar-refractivity contribution in [2.45, 2.75) is 25.7 Å². The van der Waals surface area contributed by atoms with Crippen molar-refractivity contribution in [1.29, 1.82) is 0 Å². The predicted molar refractivity (Wildman–Crippen MR) is 96.5 cm³/mol. The first-order chi connectivity index (χ1) is 11.7. The van der Waals surface area contributed by atoms with Gasteiger partial charge in [0.1, 0.15) is 5.82 Å². The summed E-state index contributed by atoms with van der Waals surface area (Å²) in [6.07, 6.45) is 3.90. The summed E-state index contributed by atoms with van der Waals surface area (Å²) in [5.41, 5.74) is 1.05. The van der Waals surface area contributed by atoms with Gasteiger partial charge in [0.15, 0.2) is 0 Å². The number of hydrogen-bond donors (Lipinski definition) is 0. The Hall–Kier alpha value is -2.27. The summed E-state index contributed by atoms with van der Waals surface area (Å²) in [4.78, 5) is 24.5. The number of carbonyl (C=O) groups is 1. The lowest BCUT2D eigenvalue weighted by Crippen LogP contribution is -2.39. The number of carbonyl (C=O) groups excluding carboxylic acids is 1. The Morgan fingerprint density at radius 3 is 3.00 bits per heavy atom. The number of thiophene rings is 1. The number of rotatable bonds is 2. The van der Waals surface area contributed by atoms with Crippen LogP contribution in [0.3, 0.4) is 0 Å². The smallest absolute Gasteiger partial charge is 0.263 e. The molecule has 24 heavy (non-hydrogen) atoms. The molecule has 0 N–H and O–H groups in total. The van der Waals surface area contributed by atoms with Crippen LogP contribution in [0, 0.1) is 6.92 Å². The van der Waals surface area contributed by atoms with Crippen LogP contribution in [0.1, 0.15) is 39.9 Å². The molecule has 4 nitrogen and oxygen atoms in total. The second kappa shape index (κ2) is 6.32. The van der Waals surface area contributed by atoms with E-state index in [-0.39, 0.29) is 5.91 Å². The van der Waals surface area contributed by atoms with Crippen molar-refractivity contribution in [1.82, 2.24) is 14.9 Å². The van der Waals surface area contributed by atoms with Crippen LogP contribution in [-0.2, 0) is 0 Å². The summed E-state index contributed by atoms with van der Waals surface area (Å²) in [5.74, 6) is 1.24. The van der Waals surface area contributed by atoms with E-state index in [2.05, 4.69) is 22.1 Å². The van der Waals surface area contributed by atoms with E-state index in [0.29, 0.717) is 5.92 Å². The summed E-state index contributed by atoms with van der Waals surface area (Å²) in [6, 6.07) is 12.1. The van der Waals surface area contributed by atoms with Crippen LogP contribution in [0.25, 0.3) is 10.1 Å². The zero-order chi connectivity index (χ0) is 16.5. The third-order valence-electron chi connectivity index (χ3n) is 4.56. The number of aromatic nitrogens is 2. The topological polar surface area (TPSA) is 46.1 Å². The maximum atomic E-state index is 12.9. The lowest BCUT2D eigenvalue weighted by molar-refractivity contribution is 0.0711. The normalized spacial score (nSPS) is 18.0. The van der Waals surface area contributed by atoms with Crippen molar-refractivity contribution in [3.63, 3.8) is 0 Å². The number of aryl methyl sites for hydroxylation is 1. The van der Waals surface area contributed by atoms with Crippen LogP contribution in [0.4, 0.5) is 0 Å². The van der Waals surface area contributed by atoms with Crippen LogP contribution >= 0.6 is 11.3 Å². The molecule has 122 valence electrons. The van der Waals surface area contributed by atoms with Crippen LogP contribution in [0.15, 0.2) is 42.6 Å². The highest BCUT2D eigenvalue weighted by molar-refractivity contribution is 7.20. The number of benzene rings is 1. The van der Waals surface area contributed by atoms with E-state index in [0.717, 1.165) is 47.7 Å². The highest BCUT2D eigenvalue weighted by Crippen LogP contribution is 2.30. The van der Waals surface area contributed by atoms with E-state index in [1.807, 2.05) is 42.3 Å². The largest absolute Gasteiger partial charge is 0.337 e. The molecule has 0 aliphatic carbocycles. The van der Waals surface area contributed by atoms with Crippen molar-refractivity contribution in [3.8, 4) is 0 Å². The molecule has 1 aliphatic heterocycles. The second-order valence-corrected chi connectivity index (χ2v) is 7.35. The number of nitrogens with zero attached hydrogens (tertiary/aromatic N) is 3. The van der Waals surface area contributed by atoms with Gasteiger partial charge in [0, 0.05) is 35.6 Å². The number of amides is 1. The zero-order valence-electron chi connectivity index (χ0n) is 13.6. The Labute approximate surface area is 145 Å². The van der Waals surface area contributed by atoms with Crippen molar-refractivity contribution >= 4 is 27.3 Å². The Balaban J connectivity index is 1.56. The maximum Gasteiger partial charge on any atom is 0.263 e. The first-order valence-corrected chi connectivity index (χ1v) is 9.10. The fourth-order valence-corrected chi connectivity index (χ4v) is 4.38. The minimum atomic E-state index is 0.145. The Kier molecular flexibility index (Phi) is 4.02. The number of likely N-dealkylation sites (tertiary alicyclic amines) is 1. The monoisotopic (exact) mass is 337 g/mol. The Bertz CT molecular complexity index is 856. The summed E-state index contributed by atoms with van der Waals surface area (Å²) in [6.45, 7) is 3.48. The minimum Gasteiger partial charge on any atom is -0.337 e. The molecule has 0 spiro atoms. The van der Waals surface area contributed by atoms with Gasteiger partial charge >= 0.3 is 0 Å². The molecule has 0 bridgehead atoms. The van der Waals surface area contributed by atoms with E-state index in [1.165, 1.54) is 4.70 Å². The third-order valence-corrected chi connectivity index (χ3v) is 5.66. The summed E-state index contributed by atoms with van der Waals surface area (Å²) < 4.78 is 1.17. The molecule has 1 unspecified atom stereocenters. The molecule has 5 heteroatoms. The quantitative estimate of drug-likeness (QED) is 0.709. The third kappa shape index (κ3) is 2.91. The SMILES string of the molecule is Cc1nccc(C2CCCN(C(=O)c3cc4ccccc4s3)C2)n1. The molecule has 2 aromatic heterocycles. The first kappa shape index (κ1) is 15.3. The van der Waals surface area contributed by atoms with Gasteiger partial charge in [0.2, 0.25) is 0 Å². The molecule has 4 rings (SSSR count). The van der Waals surface area contributed by atoms with Gasteiger partial charge < -0.3 is 4.90 Å². The van der Waals surface area contributed by atoms with Crippen molar-refractivity contribution in [3.05, 3.63) is 59.0 Å². The fraction of sp³-hybridized carbons (Fsp3) is 0.316. The van der Waals surface area contributed by atoms with E-state index in [4.69, 9.17) is 0 Å². The average Bonchev–Trinajstić information content (AvgIpc) is 3.05. The molecule has 1 atom stereocenters. The van der Waals surface area contributed by atoms with E-state index in [9.17, 15) is 4.79 Å². The molecular formula is C19H19N3OS. The van der Waals surface area contributed by atoms with Crippen molar-refractivity contribution in [2.75, 3.05) is 13.1 Å². The second-order valence-electron chi connectivity index (χ2n) is 6.27. The van der Waals surface area contributed by atoms with Gasteiger partial charge in [0.25, 0.3) is 5.91 Å². The minimum absolute atomic E-state index is 0.145. The van der Waals surface area contributed by atoms with Crippen LogP contribution in [0.2, 0.25) is 0 Å².